The predicted octanol–water partition coefficient (Wildman–Crippen LogP) is -1.41. The fourth-order valence-corrected chi connectivity index (χ4v) is 1.63. The number of amides is 1. The molecule has 1 N–H and O–H groups in total. The van der Waals surface area contributed by atoms with Gasteiger partial charge in [0.2, 0.25) is 0 Å². The summed E-state index contributed by atoms with van der Waals surface area (Å²) in [7, 11) is 0. The van der Waals surface area contributed by atoms with Crippen LogP contribution in [0.15, 0.2) is 0 Å². The summed E-state index contributed by atoms with van der Waals surface area (Å²) in [4.78, 5) is 15.6. The molecule has 1 fully saturated rings. The second kappa shape index (κ2) is 4.72. The molecule has 0 aromatic carbocycles. The van der Waals surface area contributed by atoms with Crippen molar-refractivity contribution in [1.29, 1.82) is 0 Å². The lowest BCUT2D eigenvalue weighted by molar-refractivity contribution is 0.0640. The van der Waals surface area contributed by atoms with E-state index in [1.807, 2.05) is 0 Å². The molecule has 1 aromatic heterocycles. The Bertz CT molecular complexity index is 387. The quantitative estimate of drug-likeness (QED) is 0.620. The minimum Gasteiger partial charge on any atom is -0.333 e. The molecule has 0 radical (unpaired) electrons. The van der Waals surface area contributed by atoms with E-state index in [1.165, 1.54) is 0 Å². The summed E-state index contributed by atoms with van der Waals surface area (Å²) in [5.41, 5.74) is 0. The Hall–Kier alpha value is -1.94. The van der Waals surface area contributed by atoms with Gasteiger partial charge in [-0.15, -0.1) is 16.6 Å². The average molecular weight is 220 g/mol. The maximum absolute atomic E-state index is 11.8. The number of aromatic nitrogens is 4. The lowest BCUT2D eigenvalue weighted by atomic mass is 10.3. The zero-order valence-corrected chi connectivity index (χ0v) is 8.76. The van der Waals surface area contributed by atoms with Gasteiger partial charge >= 0.3 is 0 Å². The van der Waals surface area contributed by atoms with Crippen LogP contribution in [0, 0.1) is 12.3 Å². The van der Waals surface area contributed by atoms with Crippen LogP contribution in [0.5, 0.6) is 0 Å². The van der Waals surface area contributed by atoms with E-state index in [2.05, 4.69) is 31.4 Å². The van der Waals surface area contributed by atoms with E-state index in [4.69, 9.17) is 6.42 Å². The van der Waals surface area contributed by atoms with Crippen molar-refractivity contribution < 1.29 is 4.79 Å². The van der Waals surface area contributed by atoms with Crippen molar-refractivity contribution in [1.82, 2.24) is 30.4 Å². The molecule has 0 aliphatic carbocycles. The van der Waals surface area contributed by atoms with Gasteiger partial charge in [0, 0.05) is 26.2 Å². The van der Waals surface area contributed by atoms with Crippen LogP contribution < -0.4 is 0 Å². The van der Waals surface area contributed by atoms with E-state index in [-0.39, 0.29) is 11.7 Å². The third-order valence-electron chi connectivity index (χ3n) is 2.51. The molecule has 2 heterocycles. The number of nitrogens with one attached hydrogen (secondary N) is 1. The first kappa shape index (κ1) is 10.6. The van der Waals surface area contributed by atoms with Crippen molar-refractivity contribution in [3.05, 3.63) is 5.82 Å². The summed E-state index contributed by atoms with van der Waals surface area (Å²) in [6, 6.07) is 0. The van der Waals surface area contributed by atoms with E-state index in [1.54, 1.807) is 4.90 Å². The molecule has 1 amide bonds. The minimum atomic E-state index is -0.186. The number of nitrogens with zero attached hydrogens (tertiary/aromatic N) is 5. The molecule has 2 rings (SSSR count). The number of hydrogen-bond donors (Lipinski definition) is 1. The van der Waals surface area contributed by atoms with Gasteiger partial charge in [-0.1, -0.05) is 5.92 Å². The number of aromatic amines is 1. The lowest BCUT2D eigenvalue weighted by Crippen LogP contribution is -2.48. The van der Waals surface area contributed by atoms with E-state index >= 15 is 0 Å². The van der Waals surface area contributed by atoms with Gasteiger partial charge in [-0.05, 0) is 5.21 Å². The highest BCUT2D eigenvalue weighted by Crippen LogP contribution is 2.04. The van der Waals surface area contributed by atoms with Crippen LogP contribution in [0.4, 0.5) is 0 Å². The highest BCUT2D eigenvalue weighted by Gasteiger charge is 2.23. The Morgan fingerprint density at radius 2 is 2.19 bits per heavy atom. The van der Waals surface area contributed by atoms with Gasteiger partial charge in [-0.2, -0.15) is 5.21 Å². The zero-order valence-electron chi connectivity index (χ0n) is 8.76. The molecular formula is C9H12N6O. The first-order valence-corrected chi connectivity index (χ1v) is 5.00. The summed E-state index contributed by atoms with van der Waals surface area (Å²) in [5, 5.41) is 13.0. The standard InChI is InChI=1S/C9H12N6O/c1-2-3-14-4-6-15(7-5-14)9(16)8-10-12-13-11-8/h1H,3-7H2,(H,10,11,12,13). The molecule has 0 bridgehead atoms. The van der Waals surface area contributed by atoms with Crippen LogP contribution in [0.1, 0.15) is 10.6 Å². The highest BCUT2D eigenvalue weighted by atomic mass is 16.2. The van der Waals surface area contributed by atoms with Gasteiger partial charge < -0.3 is 4.90 Å². The van der Waals surface area contributed by atoms with Gasteiger partial charge in [0.1, 0.15) is 0 Å². The summed E-state index contributed by atoms with van der Waals surface area (Å²) in [5.74, 6) is 2.52. The van der Waals surface area contributed by atoms with Gasteiger partial charge in [0.25, 0.3) is 11.7 Å². The first-order chi connectivity index (χ1) is 7.81. The van der Waals surface area contributed by atoms with Gasteiger partial charge in [-0.25, -0.2) is 0 Å². The monoisotopic (exact) mass is 220 g/mol. The topological polar surface area (TPSA) is 78.0 Å². The van der Waals surface area contributed by atoms with E-state index in [0.717, 1.165) is 13.1 Å². The van der Waals surface area contributed by atoms with Crippen molar-refractivity contribution in [2.45, 2.75) is 0 Å². The molecule has 0 spiro atoms. The van der Waals surface area contributed by atoms with Crippen molar-refractivity contribution in [2.24, 2.45) is 0 Å². The summed E-state index contributed by atoms with van der Waals surface area (Å²) < 4.78 is 0. The fourth-order valence-electron chi connectivity index (χ4n) is 1.63. The van der Waals surface area contributed by atoms with Crippen molar-refractivity contribution in [3.63, 3.8) is 0 Å². The second-order valence-corrected chi connectivity index (χ2v) is 3.51. The van der Waals surface area contributed by atoms with Crippen LogP contribution in [-0.4, -0.2) is 69.1 Å². The number of tetrazole rings is 1. The highest BCUT2D eigenvalue weighted by molar-refractivity contribution is 5.90. The maximum Gasteiger partial charge on any atom is 0.295 e. The summed E-state index contributed by atoms with van der Waals surface area (Å²) in [6.07, 6.45) is 5.23. The zero-order chi connectivity index (χ0) is 11.4. The van der Waals surface area contributed by atoms with Crippen molar-refractivity contribution >= 4 is 5.91 Å². The lowest BCUT2D eigenvalue weighted by Gasteiger charge is -2.32. The van der Waals surface area contributed by atoms with Crippen LogP contribution >= 0.6 is 0 Å². The Morgan fingerprint density at radius 1 is 1.44 bits per heavy atom. The van der Waals surface area contributed by atoms with Crippen molar-refractivity contribution in [2.75, 3.05) is 32.7 Å². The number of terminal acetylenes is 1. The molecule has 1 aromatic rings. The van der Waals surface area contributed by atoms with Crippen LogP contribution in [0.25, 0.3) is 0 Å². The summed E-state index contributed by atoms with van der Waals surface area (Å²) in [6.45, 7) is 3.50. The second-order valence-electron chi connectivity index (χ2n) is 3.51. The number of carbonyl (C=O) groups is 1. The molecule has 1 saturated heterocycles. The van der Waals surface area contributed by atoms with Crippen LogP contribution in [0.2, 0.25) is 0 Å². The van der Waals surface area contributed by atoms with Gasteiger partial charge in [0.15, 0.2) is 0 Å². The van der Waals surface area contributed by atoms with Gasteiger partial charge in [-0.3, -0.25) is 9.69 Å². The molecule has 0 saturated carbocycles. The Morgan fingerprint density at radius 3 is 2.75 bits per heavy atom. The normalized spacial score (nSPS) is 17.1. The molecule has 7 nitrogen and oxygen atoms in total. The number of piperazine rings is 1. The smallest absolute Gasteiger partial charge is 0.295 e. The molecular weight excluding hydrogens is 208 g/mol. The number of hydrogen-bond acceptors (Lipinski definition) is 5. The van der Waals surface area contributed by atoms with Crippen molar-refractivity contribution in [3.8, 4) is 12.3 Å². The molecule has 1 aliphatic heterocycles. The SMILES string of the molecule is C#CCN1CCN(C(=O)c2nn[nH]n2)CC1. The third-order valence-corrected chi connectivity index (χ3v) is 2.51. The minimum absolute atomic E-state index is 0.116. The Kier molecular flexibility index (Phi) is 3.12. The van der Waals surface area contributed by atoms with Crippen LogP contribution in [0.3, 0.4) is 0 Å². The third kappa shape index (κ3) is 2.17. The number of rotatable bonds is 2. The fraction of sp³-hybridized carbons (Fsp3) is 0.556. The summed E-state index contributed by atoms with van der Waals surface area (Å²) >= 11 is 0. The van der Waals surface area contributed by atoms with E-state index in [0.29, 0.717) is 19.6 Å². The van der Waals surface area contributed by atoms with E-state index < -0.39 is 0 Å². The molecule has 84 valence electrons. The molecule has 7 heteroatoms. The van der Waals surface area contributed by atoms with Crippen LogP contribution in [-0.2, 0) is 0 Å². The number of H-pyrrole nitrogens is 1. The Balaban J connectivity index is 1.90. The van der Waals surface area contributed by atoms with Gasteiger partial charge in [0.05, 0.1) is 6.54 Å². The first-order valence-electron chi connectivity index (χ1n) is 5.00. The maximum atomic E-state index is 11.8. The largest absolute Gasteiger partial charge is 0.333 e. The number of carbonyl (C=O) groups excluding carboxylic acids is 1. The average Bonchev–Trinajstić information content (AvgIpc) is 2.83. The molecule has 0 unspecified atom stereocenters. The van der Waals surface area contributed by atoms with E-state index in [9.17, 15) is 4.79 Å². The predicted molar refractivity (Wildman–Crippen MR) is 55.4 cm³/mol. The molecule has 16 heavy (non-hydrogen) atoms. The molecule has 1 aliphatic rings. The molecule has 0 atom stereocenters. The Labute approximate surface area is 92.8 Å².